The van der Waals surface area contributed by atoms with Gasteiger partial charge in [-0.1, -0.05) is 13.0 Å². The fourth-order valence-electron chi connectivity index (χ4n) is 1.97. The molecular formula is C14H17N3O3S. The lowest BCUT2D eigenvalue weighted by Crippen LogP contribution is -2.09. The van der Waals surface area contributed by atoms with Crippen LogP contribution in [0.4, 0.5) is 0 Å². The zero-order valence-electron chi connectivity index (χ0n) is 11.9. The summed E-state index contributed by atoms with van der Waals surface area (Å²) in [5, 5.41) is 13.2. The number of aromatic carboxylic acids is 1. The average molecular weight is 307 g/mol. The van der Waals surface area contributed by atoms with Crippen LogP contribution in [0.3, 0.4) is 0 Å². The molecule has 0 saturated heterocycles. The number of hydrogen-bond donors (Lipinski definition) is 1. The Morgan fingerprint density at radius 3 is 2.86 bits per heavy atom. The van der Waals surface area contributed by atoms with E-state index in [1.807, 2.05) is 6.92 Å². The Balaban J connectivity index is 2.22. The zero-order valence-corrected chi connectivity index (χ0v) is 12.8. The molecular weight excluding hydrogens is 290 g/mol. The molecule has 6 nitrogen and oxygen atoms in total. The number of carboxylic acid groups (broad SMARTS) is 1. The van der Waals surface area contributed by atoms with Gasteiger partial charge < -0.3 is 5.11 Å². The maximum Gasteiger partial charge on any atom is 0.335 e. The summed E-state index contributed by atoms with van der Waals surface area (Å²) in [5.41, 5.74) is 0.827. The molecule has 0 aliphatic heterocycles. The number of nitrogens with zero attached hydrogens (tertiary/aromatic N) is 3. The maximum atomic E-state index is 12.4. The molecule has 0 aliphatic carbocycles. The molecule has 0 saturated carbocycles. The number of rotatable bonds is 6. The van der Waals surface area contributed by atoms with E-state index in [4.69, 9.17) is 5.11 Å². The van der Waals surface area contributed by atoms with Gasteiger partial charge in [-0.25, -0.2) is 14.5 Å². The van der Waals surface area contributed by atoms with Crippen molar-refractivity contribution in [2.45, 2.75) is 37.5 Å². The number of hydrogen-bond acceptors (Lipinski definition) is 4. The van der Waals surface area contributed by atoms with Crippen molar-refractivity contribution in [2.75, 3.05) is 0 Å². The van der Waals surface area contributed by atoms with Crippen LogP contribution in [0.25, 0.3) is 0 Å². The smallest absolute Gasteiger partial charge is 0.335 e. The number of benzene rings is 1. The van der Waals surface area contributed by atoms with E-state index in [-0.39, 0.29) is 11.3 Å². The maximum absolute atomic E-state index is 12.4. The van der Waals surface area contributed by atoms with Gasteiger partial charge in [-0.15, -0.1) is 0 Å². The predicted octanol–water partition coefficient (Wildman–Crippen LogP) is 2.00. The van der Waals surface area contributed by atoms with E-state index in [2.05, 4.69) is 10.1 Å². The highest BCUT2D eigenvalue weighted by atomic mass is 32.2. The molecule has 1 atom stereocenters. The predicted molar refractivity (Wildman–Crippen MR) is 78.6 cm³/mol. The number of aryl methyl sites for hydroxylation is 2. The minimum atomic E-state index is -1.35. The minimum absolute atomic E-state index is 0.177. The van der Waals surface area contributed by atoms with Crippen molar-refractivity contribution in [3.8, 4) is 0 Å². The van der Waals surface area contributed by atoms with Gasteiger partial charge in [0.15, 0.2) is 0 Å². The normalized spacial score (nSPS) is 12.3. The van der Waals surface area contributed by atoms with E-state index in [1.54, 1.807) is 23.7 Å². The van der Waals surface area contributed by atoms with Crippen LogP contribution in [0.15, 0.2) is 29.4 Å². The van der Waals surface area contributed by atoms with Crippen molar-refractivity contribution in [3.05, 3.63) is 41.5 Å². The third-order valence-corrected chi connectivity index (χ3v) is 4.39. The highest BCUT2D eigenvalue weighted by Crippen LogP contribution is 2.16. The van der Waals surface area contributed by atoms with Crippen molar-refractivity contribution in [1.82, 2.24) is 14.8 Å². The lowest BCUT2D eigenvalue weighted by molar-refractivity contribution is 0.0696. The van der Waals surface area contributed by atoms with Gasteiger partial charge in [-0.3, -0.25) is 4.21 Å². The van der Waals surface area contributed by atoms with E-state index in [0.29, 0.717) is 16.3 Å². The third kappa shape index (κ3) is 3.55. The van der Waals surface area contributed by atoms with Crippen LogP contribution in [0.1, 0.15) is 35.1 Å². The summed E-state index contributed by atoms with van der Waals surface area (Å²) < 4.78 is 14.1. The SMILES string of the molecule is CCCn1ncnc1CS(=O)c1ccc(C)c(C(=O)O)c1. The number of carboxylic acids is 1. The van der Waals surface area contributed by atoms with Crippen LogP contribution in [-0.2, 0) is 23.1 Å². The first-order valence-electron chi connectivity index (χ1n) is 6.62. The summed E-state index contributed by atoms with van der Waals surface area (Å²) in [5.74, 6) is -0.143. The van der Waals surface area contributed by atoms with Crippen molar-refractivity contribution < 1.29 is 14.1 Å². The van der Waals surface area contributed by atoms with E-state index < -0.39 is 16.8 Å². The van der Waals surface area contributed by atoms with E-state index in [9.17, 15) is 9.00 Å². The fourth-order valence-corrected chi connectivity index (χ4v) is 3.07. The Labute approximate surface area is 125 Å². The number of aromatic nitrogens is 3. The lowest BCUT2D eigenvalue weighted by Gasteiger charge is -2.07. The average Bonchev–Trinajstić information content (AvgIpc) is 2.86. The van der Waals surface area contributed by atoms with Crippen molar-refractivity contribution >= 4 is 16.8 Å². The van der Waals surface area contributed by atoms with E-state index in [1.165, 1.54) is 12.4 Å². The molecule has 21 heavy (non-hydrogen) atoms. The van der Waals surface area contributed by atoms with Crippen LogP contribution in [0.5, 0.6) is 0 Å². The zero-order chi connectivity index (χ0) is 15.4. The Kier molecular flexibility index (Phi) is 4.85. The second-order valence-corrected chi connectivity index (χ2v) is 6.12. The fraction of sp³-hybridized carbons (Fsp3) is 0.357. The highest BCUT2D eigenvalue weighted by molar-refractivity contribution is 7.84. The molecule has 1 aromatic carbocycles. The first-order valence-corrected chi connectivity index (χ1v) is 7.93. The largest absolute Gasteiger partial charge is 0.478 e. The molecule has 2 aromatic rings. The first-order chi connectivity index (χ1) is 10.0. The van der Waals surface area contributed by atoms with Gasteiger partial charge in [-0.05, 0) is 31.0 Å². The van der Waals surface area contributed by atoms with Gasteiger partial charge in [0.05, 0.1) is 22.1 Å². The topological polar surface area (TPSA) is 85.1 Å². The summed E-state index contributed by atoms with van der Waals surface area (Å²) in [6.07, 6.45) is 2.36. The molecule has 0 radical (unpaired) electrons. The Bertz CT molecular complexity index is 682. The van der Waals surface area contributed by atoms with Gasteiger partial charge in [0.2, 0.25) is 0 Å². The molecule has 0 amide bonds. The van der Waals surface area contributed by atoms with Crippen LogP contribution >= 0.6 is 0 Å². The minimum Gasteiger partial charge on any atom is -0.478 e. The molecule has 1 aromatic heterocycles. The second-order valence-electron chi connectivity index (χ2n) is 4.67. The highest BCUT2D eigenvalue weighted by Gasteiger charge is 2.14. The summed E-state index contributed by atoms with van der Waals surface area (Å²) >= 11 is 0. The number of carbonyl (C=O) groups is 1. The Hall–Kier alpha value is -2.02. The van der Waals surface area contributed by atoms with Gasteiger partial charge in [0.1, 0.15) is 12.2 Å². The molecule has 0 fully saturated rings. The summed E-state index contributed by atoms with van der Waals surface area (Å²) in [6.45, 7) is 4.47. The molecule has 7 heteroatoms. The molecule has 2 rings (SSSR count). The lowest BCUT2D eigenvalue weighted by atomic mass is 10.1. The summed E-state index contributed by atoms with van der Waals surface area (Å²) in [6, 6.07) is 4.83. The molecule has 1 N–H and O–H groups in total. The van der Waals surface area contributed by atoms with Crippen LogP contribution in [0, 0.1) is 6.92 Å². The van der Waals surface area contributed by atoms with Crippen molar-refractivity contribution in [2.24, 2.45) is 0 Å². The van der Waals surface area contributed by atoms with Crippen molar-refractivity contribution in [1.29, 1.82) is 0 Å². The van der Waals surface area contributed by atoms with Gasteiger partial charge >= 0.3 is 5.97 Å². The van der Waals surface area contributed by atoms with E-state index >= 15 is 0 Å². The molecule has 112 valence electrons. The second kappa shape index (κ2) is 6.62. The van der Waals surface area contributed by atoms with Gasteiger partial charge in [0, 0.05) is 11.4 Å². The molecule has 1 heterocycles. The first kappa shape index (κ1) is 15.4. The van der Waals surface area contributed by atoms with Crippen LogP contribution in [0.2, 0.25) is 0 Å². The monoisotopic (exact) mass is 307 g/mol. The van der Waals surface area contributed by atoms with Crippen molar-refractivity contribution in [3.63, 3.8) is 0 Å². The third-order valence-electron chi connectivity index (χ3n) is 3.09. The quantitative estimate of drug-likeness (QED) is 0.882. The summed E-state index contributed by atoms with van der Waals surface area (Å²) in [7, 11) is -1.35. The standard InChI is InChI=1S/C14H17N3O3S/c1-3-6-17-13(15-9-16-17)8-21(20)11-5-4-10(2)12(7-11)14(18)19/h4-5,7,9H,3,6,8H2,1-2H3,(H,18,19). The summed E-state index contributed by atoms with van der Waals surface area (Å²) in [4.78, 5) is 15.7. The molecule has 0 bridgehead atoms. The molecule has 0 spiro atoms. The van der Waals surface area contributed by atoms with Crippen LogP contribution < -0.4 is 0 Å². The Morgan fingerprint density at radius 2 is 2.19 bits per heavy atom. The van der Waals surface area contributed by atoms with Crippen LogP contribution in [-0.4, -0.2) is 30.0 Å². The molecule has 0 aliphatic rings. The Morgan fingerprint density at radius 1 is 1.43 bits per heavy atom. The van der Waals surface area contributed by atoms with E-state index in [0.717, 1.165) is 13.0 Å². The van der Waals surface area contributed by atoms with Gasteiger partial charge in [-0.2, -0.15) is 5.10 Å². The van der Waals surface area contributed by atoms with Gasteiger partial charge in [0.25, 0.3) is 0 Å². The molecule has 1 unspecified atom stereocenters.